The van der Waals surface area contributed by atoms with E-state index in [9.17, 15) is 9.90 Å². The van der Waals surface area contributed by atoms with Gasteiger partial charge in [0.1, 0.15) is 0 Å². The minimum atomic E-state index is -0.136. The van der Waals surface area contributed by atoms with E-state index in [1.165, 1.54) is 25.7 Å². The van der Waals surface area contributed by atoms with Crippen molar-refractivity contribution in [1.82, 2.24) is 0 Å². The van der Waals surface area contributed by atoms with Crippen molar-refractivity contribution in [2.24, 2.45) is 35.0 Å². The van der Waals surface area contributed by atoms with Crippen LogP contribution in [0.4, 0.5) is 0 Å². The molecule has 2 nitrogen and oxygen atoms in total. The van der Waals surface area contributed by atoms with E-state index in [0.29, 0.717) is 17.6 Å². The second-order valence-electron chi connectivity index (χ2n) is 10.1. The Bertz CT molecular complexity index is 751. The summed E-state index contributed by atoms with van der Waals surface area (Å²) in [6, 6.07) is 10.3. The standard InChI is InChI=1S/C25H32O2/c1-25-10-9-18-12-19-13-21(26)8-7-17(19)14-22(18)23(25)15-20(24(25)27)11-16-5-3-2-4-6-16/h2-6,11,17-19,21-23,26H,7-10,12-15H2,1H3/b20-11+/t17-,18+,19+,21-,22+,23-,25-/m1/s1. The van der Waals surface area contributed by atoms with E-state index in [2.05, 4.69) is 37.3 Å². The average molecular weight is 365 g/mol. The van der Waals surface area contributed by atoms with Crippen LogP contribution in [0.15, 0.2) is 35.9 Å². The van der Waals surface area contributed by atoms with Crippen LogP contribution in [-0.4, -0.2) is 17.0 Å². The molecular formula is C25H32O2. The summed E-state index contributed by atoms with van der Waals surface area (Å²) in [6.07, 6.45) is 11.1. The van der Waals surface area contributed by atoms with Crippen molar-refractivity contribution < 1.29 is 9.90 Å². The van der Waals surface area contributed by atoms with Crippen LogP contribution in [0.2, 0.25) is 0 Å². The van der Waals surface area contributed by atoms with E-state index in [4.69, 9.17) is 0 Å². The topological polar surface area (TPSA) is 37.3 Å². The lowest BCUT2D eigenvalue weighted by Crippen LogP contribution is -2.47. The third-order valence-electron chi connectivity index (χ3n) is 8.66. The number of allylic oxidation sites excluding steroid dienone is 1. The Balaban J connectivity index is 1.41. The molecular weight excluding hydrogens is 332 g/mol. The Labute approximate surface area is 163 Å². The van der Waals surface area contributed by atoms with Gasteiger partial charge in [0.15, 0.2) is 5.78 Å². The quantitative estimate of drug-likeness (QED) is 0.690. The first-order valence-corrected chi connectivity index (χ1v) is 11.0. The Kier molecular flexibility index (Phi) is 4.31. The first-order chi connectivity index (χ1) is 13.0. The third-order valence-corrected chi connectivity index (χ3v) is 8.66. The normalized spacial score (nSPS) is 45.3. The lowest BCUT2D eigenvalue weighted by molar-refractivity contribution is -0.130. The molecule has 4 aliphatic rings. The summed E-state index contributed by atoms with van der Waals surface area (Å²) in [6.45, 7) is 2.26. The SMILES string of the molecule is C[C@@]12CC[C@H]3C[C@H]4C[C@H](O)CC[C@@H]4C[C@@H]3[C@H]1C/C(=C\c1ccccc1)C2=O. The second-order valence-corrected chi connectivity index (χ2v) is 10.1. The number of aliphatic hydroxyl groups excluding tert-OH is 1. The molecule has 4 fully saturated rings. The molecule has 0 aliphatic heterocycles. The lowest BCUT2D eigenvalue weighted by atomic mass is 9.52. The van der Waals surface area contributed by atoms with Gasteiger partial charge in [0.2, 0.25) is 0 Å². The van der Waals surface area contributed by atoms with Crippen molar-refractivity contribution in [1.29, 1.82) is 0 Å². The van der Waals surface area contributed by atoms with Crippen molar-refractivity contribution in [3.05, 3.63) is 41.5 Å². The maximum Gasteiger partial charge on any atom is 0.165 e. The summed E-state index contributed by atoms with van der Waals surface area (Å²) in [4.78, 5) is 13.4. The zero-order valence-electron chi connectivity index (χ0n) is 16.4. The van der Waals surface area contributed by atoms with Gasteiger partial charge < -0.3 is 5.11 Å². The van der Waals surface area contributed by atoms with Crippen molar-refractivity contribution in [2.45, 2.75) is 64.4 Å². The molecule has 0 saturated heterocycles. The van der Waals surface area contributed by atoms with Crippen LogP contribution in [0.3, 0.4) is 0 Å². The fourth-order valence-electron chi connectivity index (χ4n) is 7.20. The van der Waals surface area contributed by atoms with Gasteiger partial charge in [-0.1, -0.05) is 37.3 Å². The van der Waals surface area contributed by atoms with Crippen LogP contribution in [0, 0.1) is 35.0 Å². The fourth-order valence-corrected chi connectivity index (χ4v) is 7.20. The van der Waals surface area contributed by atoms with Gasteiger partial charge in [-0.2, -0.15) is 0 Å². The smallest absolute Gasteiger partial charge is 0.165 e. The molecule has 5 rings (SSSR count). The Morgan fingerprint density at radius 1 is 1.00 bits per heavy atom. The Morgan fingerprint density at radius 2 is 1.81 bits per heavy atom. The third kappa shape index (κ3) is 2.92. The number of hydrogen-bond acceptors (Lipinski definition) is 2. The van der Waals surface area contributed by atoms with E-state index in [-0.39, 0.29) is 11.5 Å². The highest BCUT2D eigenvalue weighted by Crippen LogP contribution is 2.61. The van der Waals surface area contributed by atoms with Crippen LogP contribution in [0.1, 0.15) is 63.9 Å². The first kappa shape index (κ1) is 17.7. The molecule has 0 heterocycles. The Morgan fingerprint density at radius 3 is 2.63 bits per heavy atom. The highest BCUT2D eigenvalue weighted by Gasteiger charge is 2.57. The van der Waals surface area contributed by atoms with Gasteiger partial charge in [-0.15, -0.1) is 0 Å². The van der Waals surface area contributed by atoms with Gasteiger partial charge in [0.25, 0.3) is 0 Å². The number of hydrogen-bond donors (Lipinski definition) is 1. The lowest BCUT2D eigenvalue weighted by Gasteiger charge is -2.52. The molecule has 144 valence electrons. The van der Waals surface area contributed by atoms with Gasteiger partial charge in [-0.25, -0.2) is 0 Å². The molecule has 4 aliphatic carbocycles. The van der Waals surface area contributed by atoms with E-state index < -0.39 is 0 Å². The number of benzene rings is 1. The number of rotatable bonds is 1. The maximum atomic E-state index is 13.4. The number of Topliss-reactive ketones (excluding diaryl/α,β-unsaturated/α-hetero) is 1. The maximum absolute atomic E-state index is 13.4. The summed E-state index contributed by atoms with van der Waals surface area (Å²) < 4.78 is 0. The predicted octanol–water partition coefficient (Wildman–Crippen LogP) is 5.26. The summed E-state index contributed by atoms with van der Waals surface area (Å²) in [7, 11) is 0. The predicted molar refractivity (Wildman–Crippen MR) is 108 cm³/mol. The number of aliphatic hydroxyl groups is 1. The molecule has 0 bridgehead atoms. The minimum Gasteiger partial charge on any atom is -0.393 e. The summed E-state index contributed by atoms with van der Waals surface area (Å²) >= 11 is 0. The van der Waals surface area contributed by atoms with E-state index in [0.717, 1.165) is 54.6 Å². The molecule has 4 saturated carbocycles. The molecule has 0 unspecified atom stereocenters. The first-order valence-electron chi connectivity index (χ1n) is 11.0. The fraction of sp³-hybridized carbons (Fsp3) is 0.640. The minimum absolute atomic E-state index is 0.0647. The molecule has 0 amide bonds. The molecule has 0 aromatic heterocycles. The van der Waals surface area contributed by atoms with Crippen LogP contribution in [0.25, 0.3) is 6.08 Å². The van der Waals surface area contributed by atoms with Gasteiger partial charge >= 0.3 is 0 Å². The molecule has 7 atom stereocenters. The van der Waals surface area contributed by atoms with E-state index >= 15 is 0 Å². The van der Waals surface area contributed by atoms with Crippen LogP contribution < -0.4 is 0 Å². The van der Waals surface area contributed by atoms with Gasteiger partial charge in [-0.05, 0) is 98.2 Å². The van der Waals surface area contributed by atoms with Crippen LogP contribution in [0.5, 0.6) is 0 Å². The van der Waals surface area contributed by atoms with Crippen LogP contribution in [-0.2, 0) is 4.79 Å². The largest absolute Gasteiger partial charge is 0.393 e. The van der Waals surface area contributed by atoms with E-state index in [1.807, 2.05) is 6.07 Å². The molecule has 1 aromatic carbocycles. The number of fused-ring (bicyclic) bond motifs is 4. The summed E-state index contributed by atoms with van der Waals surface area (Å²) in [5, 5.41) is 10.1. The summed E-state index contributed by atoms with van der Waals surface area (Å²) in [5.41, 5.74) is 2.09. The molecule has 2 heteroatoms. The number of carbonyl (C=O) groups is 1. The molecule has 0 spiro atoms. The molecule has 27 heavy (non-hydrogen) atoms. The van der Waals surface area contributed by atoms with Crippen LogP contribution >= 0.6 is 0 Å². The van der Waals surface area contributed by atoms with Crippen molar-refractivity contribution in [3.8, 4) is 0 Å². The average Bonchev–Trinajstić information content (AvgIpc) is 2.93. The summed E-state index contributed by atoms with van der Waals surface area (Å²) in [5.74, 6) is 3.97. The Hall–Kier alpha value is -1.41. The highest BCUT2D eigenvalue weighted by molar-refractivity contribution is 6.05. The highest BCUT2D eigenvalue weighted by atomic mass is 16.3. The van der Waals surface area contributed by atoms with Gasteiger partial charge in [-0.3, -0.25) is 4.79 Å². The van der Waals surface area contributed by atoms with Crippen molar-refractivity contribution >= 4 is 11.9 Å². The van der Waals surface area contributed by atoms with Crippen molar-refractivity contribution in [3.63, 3.8) is 0 Å². The zero-order chi connectivity index (χ0) is 18.6. The zero-order valence-corrected chi connectivity index (χ0v) is 16.4. The second kappa shape index (κ2) is 6.58. The molecule has 1 aromatic rings. The van der Waals surface area contributed by atoms with E-state index in [1.54, 1.807) is 0 Å². The number of ketones is 1. The van der Waals surface area contributed by atoms with Gasteiger partial charge in [0, 0.05) is 5.41 Å². The molecule has 1 N–H and O–H groups in total. The number of carbonyl (C=O) groups excluding carboxylic acids is 1. The van der Waals surface area contributed by atoms with Crippen molar-refractivity contribution in [2.75, 3.05) is 0 Å². The monoisotopic (exact) mass is 364 g/mol. The van der Waals surface area contributed by atoms with Gasteiger partial charge in [0.05, 0.1) is 6.10 Å². The molecule has 0 radical (unpaired) electrons.